The Balaban J connectivity index is 3.01. The molecule has 10 heavy (non-hydrogen) atoms. The van der Waals surface area contributed by atoms with Crippen LogP contribution in [0.25, 0.3) is 4.85 Å². The fraction of sp³-hybridized carbons (Fsp3) is 0.250. The molecule has 0 aliphatic heterocycles. The Kier molecular flexibility index (Phi) is 2.01. The van der Waals surface area contributed by atoms with E-state index in [1.807, 2.05) is 19.1 Å². The number of hydrogen-bond acceptors (Lipinski definition) is 1. The molecule has 1 rings (SSSR count). The van der Waals surface area contributed by atoms with Crippen LogP contribution in [0, 0.1) is 6.57 Å². The monoisotopic (exact) mass is 132 g/mol. The molecule has 1 aromatic rings. The highest BCUT2D eigenvalue weighted by Gasteiger charge is 1.95. The summed E-state index contributed by atoms with van der Waals surface area (Å²) in [6, 6.07) is 5.50. The second-order valence-electron chi connectivity index (χ2n) is 1.95. The van der Waals surface area contributed by atoms with Crippen LogP contribution in [0.2, 0.25) is 0 Å². The molecule has 0 atom stereocenters. The van der Waals surface area contributed by atoms with Gasteiger partial charge >= 0.3 is 0 Å². The van der Waals surface area contributed by atoms with Crippen LogP contribution in [0.15, 0.2) is 18.2 Å². The van der Waals surface area contributed by atoms with Gasteiger partial charge in [-0.1, -0.05) is 19.6 Å². The van der Waals surface area contributed by atoms with Crippen molar-refractivity contribution in [1.82, 2.24) is 4.98 Å². The lowest BCUT2D eigenvalue weighted by atomic mass is 10.3. The van der Waals surface area contributed by atoms with Gasteiger partial charge in [0.25, 0.3) is 5.82 Å². The second kappa shape index (κ2) is 2.98. The van der Waals surface area contributed by atoms with Crippen LogP contribution in [0.4, 0.5) is 5.82 Å². The maximum absolute atomic E-state index is 6.68. The van der Waals surface area contributed by atoms with E-state index in [2.05, 4.69) is 9.83 Å². The second-order valence-corrected chi connectivity index (χ2v) is 1.95. The van der Waals surface area contributed by atoms with Gasteiger partial charge in [0, 0.05) is 6.42 Å². The van der Waals surface area contributed by atoms with Crippen molar-refractivity contribution < 1.29 is 0 Å². The third-order valence-electron chi connectivity index (χ3n) is 1.27. The van der Waals surface area contributed by atoms with Crippen molar-refractivity contribution >= 4 is 5.82 Å². The Morgan fingerprint density at radius 2 is 2.40 bits per heavy atom. The summed E-state index contributed by atoms with van der Waals surface area (Å²) >= 11 is 0. The first-order valence-electron chi connectivity index (χ1n) is 3.20. The first-order chi connectivity index (χ1) is 4.86. The highest BCUT2D eigenvalue weighted by molar-refractivity contribution is 5.35. The number of hydrogen-bond donors (Lipinski definition) is 0. The van der Waals surface area contributed by atoms with E-state index >= 15 is 0 Å². The van der Waals surface area contributed by atoms with E-state index in [9.17, 15) is 0 Å². The molecule has 0 amide bonds. The van der Waals surface area contributed by atoms with Crippen LogP contribution in [0.5, 0.6) is 0 Å². The van der Waals surface area contributed by atoms with Gasteiger partial charge in [-0.3, -0.25) is 0 Å². The predicted octanol–water partition coefficient (Wildman–Crippen LogP) is 2.19. The highest BCUT2D eigenvalue weighted by atomic mass is 14.9. The zero-order chi connectivity index (χ0) is 7.40. The molecular formula is C8H8N2. The zero-order valence-corrected chi connectivity index (χ0v) is 5.83. The van der Waals surface area contributed by atoms with Crippen molar-refractivity contribution in [2.45, 2.75) is 13.3 Å². The van der Waals surface area contributed by atoms with Gasteiger partial charge in [-0.15, -0.1) is 4.98 Å². The molecule has 1 aromatic heterocycles. The Bertz CT molecular complexity index is 260. The Morgan fingerprint density at radius 3 is 3.00 bits per heavy atom. The van der Waals surface area contributed by atoms with Gasteiger partial charge in [0.1, 0.15) is 5.69 Å². The summed E-state index contributed by atoms with van der Waals surface area (Å²) in [5.41, 5.74) is 0.980. The summed E-state index contributed by atoms with van der Waals surface area (Å²) in [4.78, 5) is 7.27. The van der Waals surface area contributed by atoms with Gasteiger partial charge < -0.3 is 4.85 Å². The molecule has 1 heterocycles. The van der Waals surface area contributed by atoms with Gasteiger partial charge in [0.15, 0.2) is 0 Å². The molecule has 2 nitrogen and oxygen atoms in total. The third-order valence-corrected chi connectivity index (χ3v) is 1.27. The number of rotatable bonds is 1. The van der Waals surface area contributed by atoms with Crippen molar-refractivity contribution in [2.75, 3.05) is 0 Å². The molecule has 0 aliphatic rings. The molecule has 0 unspecified atom stereocenters. The first-order valence-corrected chi connectivity index (χ1v) is 3.20. The molecule has 0 radical (unpaired) electrons. The SMILES string of the molecule is [C-]#[N+]c1cccc(CC)n1. The quantitative estimate of drug-likeness (QED) is 0.535. The van der Waals surface area contributed by atoms with E-state index < -0.39 is 0 Å². The number of aryl methyl sites for hydroxylation is 1. The van der Waals surface area contributed by atoms with E-state index in [0.717, 1.165) is 12.1 Å². The maximum Gasteiger partial charge on any atom is 0.269 e. The van der Waals surface area contributed by atoms with Gasteiger partial charge in [-0.25, -0.2) is 0 Å². The van der Waals surface area contributed by atoms with Crippen molar-refractivity contribution in [3.8, 4) is 0 Å². The van der Waals surface area contributed by atoms with Crippen LogP contribution in [-0.2, 0) is 6.42 Å². The number of aromatic nitrogens is 1. The summed E-state index contributed by atoms with van der Waals surface area (Å²) in [7, 11) is 0. The molecular weight excluding hydrogens is 124 g/mol. The lowest BCUT2D eigenvalue weighted by Crippen LogP contribution is -1.83. The van der Waals surface area contributed by atoms with Gasteiger partial charge in [-0.2, -0.15) is 0 Å². The molecule has 0 bridgehead atoms. The predicted molar refractivity (Wildman–Crippen MR) is 39.9 cm³/mol. The Labute approximate surface area is 60.3 Å². The lowest BCUT2D eigenvalue weighted by Gasteiger charge is -1.89. The summed E-state index contributed by atoms with van der Waals surface area (Å²) in [5.74, 6) is 0.486. The van der Waals surface area contributed by atoms with E-state index in [-0.39, 0.29) is 0 Å². The van der Waals surface area contributed by atoms with Crippen LogP contribution >= 0.6 is 0 Å². The number of pyridine rings is 1. The summed E-state index contributed by atoms with van der Waals surface area (Å²) in [6.45, 7) is 8.70. The van der Waals surface area contributed by atoms with Crippen molar-refractivity contribution in [3.05, 3.63) is 35.3 Å². The van der Waals surface area contributed by atoms with Crippen molar-refractivity contribution in [3.63, 3.8) is 0 Å². The van der Waals surface area contributed by atoms with E-state index in [1.165, 1.54) is 0 Å². The van der Waals surface area contributed by atoms with Gasteiger partial charge in [-0.05, 0) is 12.1 Å². The highest BCUT2D eigenvalue weighted by Crippen LogP contribution is 2.07. The average molecular weight is 132 g/mol. The van der Waals surface area contributed by atoms with Crippen LogP contribution in [0.3, 0.4) is 0 Å². The molecule has 0 aromatic carbocycles. The van der Waals surface area contributed by atoms with E-state index in [0.29, 0.717) is 5.82 Å². The summed E-state index contributed by atoms with van der Waals surface area (Å²) in [6.07, 6.45) is 0.892. The number of nitrogens with zero attached hydrogens (tertiary/aromatic N) is 2. The fourth-order valence-electron chi connectivity index (χ4n) is 0.726. The lowest BCUT2D eigenvalue weighted by molar-refractivity contribution is 1.04. The third kappa shape index (κ3) is 1.32. The summed E-state index contributed by atoms with van der Waals surface area (Å²) < 4.78 is 0. The minimum Gasteiger partial charge on any atom is -0.361 e. The van der Waals surface area contributed by atoms with Gasteiger partial charge in [0.05, 0.1) is 0 Å². The normalized spacial score (nSPS) is 8.80. The van der Waals surface area contributed by atoms with Crippen molar-refractivity contribution in [2.24, 2.45) is 0 Å². The van der Waals surface area contributed by atoms with Crippen LogP contribution in [-0.4, -0.2) is 4.98 Å². The largest absolute Gasteiger partial charge is 0.361 e. The van der Waals surface area contributed by atoms with E-state index in [4.69, 9.17) is 6.57 Å². The maximum atomic E-state index is 6.68. The fourth-order valence-corrected chi connectivity index (χ4v) is 0.726. The molecule has 0 saturated heterocycles. The Morgan fingerprint density at radius 1 is 1.60 bits per heavy atom. The van der Waals surface area contributed by atoms with Crippen LogP contribution in [0.1, 0.15) is 12.6 Å². The molecule has 0 fully saturated rings. The standard InChI is InChI=1S/C8H8N2/c1-3-7-5-4-6-8(9-2)10-7/h4-6H,3H2,1H3. The summed E-state index contributed by atoms with van der Waals surface area (Å²) in [5, 5.41) is 0. The molecule has 0 spiro atoms. The topological polar surface area (TPSA) is 17.2 Å². The van der Waals surface area contributed by atoms with E-state index in [1.54, 1.807) is 6.07 Å². The molecule has 0 N–H and O–H groups in total. The molecule has 2 heteroatoms. The molecule has 0 saturated carbocycles. The average Bonchev–Trinajstić information content (AvgIpc) is 2.05. The molecule has 0 aliphatic carbocycles. The van der Waals surface area contributed by atoms with Gasteiger partial charge in [0.2, 0.25) is 0 Å². The smallest absolute Gasteiger partial charge is 0.269 e. The first kappa shape index (κ1) is 6.76. The van der Waals surface area contributed by atoms with Crippen LogP contribution < -0.4 is 0 Å². The minimum atomic E-state index is 0.486. The molecule has 50 valence electrons. The minimum absolute atomic E-state index is 0.486. The Hall–Kier alpha value is -1.36. The van der Waals surface area contributed by atoms with Crippen molar-refractivity contribution in [1.29, 1.82) is 0 Å². The zero-order valence-electron chi connectivity index (χ0n) is 5.83.